The van der Waals surface area contributed by atoms with Gasteiger partial charge in [0.2, 0.25) is 0 Å². The molecule has 0 saturated carbocycles. The molecule has 3 aromatic rings. The van der Waals surface area contributed by atoms with E-state index in [1.165, 1.54) is 40.3 Å². The molecule has 0 bridgehead atoms. The molecule has 0 unspecified atom stereocenters. The van der Waals surface area contributed by atoms with Gasteiger partial charge in [0.05, 0.1) is 5.69 Å². The van der Waals surface area contributed by atoms with Crippen LogP contribution >= 0.6 is 22.7 Å². The zero-order valence-corrected chi connectivity index (χ0v) is 14.4. The van der Waals surface area contributed by atoms with Crippen molar-refractivity contribution in [1.82, 2.24) is 14.8 Å². The molecule has 3 heterocycles. The van der Waals surface area contributed by atoms with E-state index in [9.17, 15) is 9.59 Å². The monoisotopic (exact) mass is 346 g/mol. The molecule has 0 radical (unpaired) electrons. The third-order valence-electron chi connectivity index (χ3n) is 3.23. The van der Waals surface area contributed by atoms with Gasteiger partial charge in [0.25, 0.3) is 11.5 Å². The molecular formula is C15H14N4O2S2. The zero-order valence-electron chi connectivity index (χ0n) is 12.8. The average Bonchev–Trinajstić information content (AvgIpc) is 3.08. The van der Waals surface area contributed by atoms with Crippen LogP contribution in [0, 0.1) is 13.8 Å². The minimum Gasteiger partial charge on any atom is -0.296 e. The number of carbonyl (C=O) groups excluding carboxylic acids is 1. The molecule has 23 heavy (non-hydrogen) atoms. The molecule has 3 rings (SSSR count). The summed E-state index contributed by atoms with van der Waals surface area (Å²) in [7, 11) is 1.50. The third-order valence-corrected chi connectivity index (χ3v) is 4.96. The molecule has 0 spiro atoms. The number of rotatable bonds is 3. The second-order valence-electron chi connectivity index (χ2n) is 5.00. The quantitative estimate of drug-likeness (QED) is 0.791. The standard InChI is InChI=1S/C15H14N4O2S2/c1-8-6-10(9(2)23-8)12-7-22-15(16-12)17-14(21)11-4-5-13(20)19(3)18-11/h4-7H,1-3H3,(H,16,17,21). The molecule has 0 aromatic carbocycles. The Bertz CT molecular complexity index is 939. The van der Waals surface area contributed by atoms with Crippen LogP contribution in [0.15, 0.2) is 28.4 Å². The van der Waals surface area contributed by atoms with Crippen LogP contribution in [0.3, 0.4) is 0 Å². The smallest absolute Gasteiger partial charge is 0.277 e. The Morgan fingerprint density at radius 3 is 2.74 bits per heavy atom. The number of hydrogen-bond acceptors (Lipinski definition) is 6. The van der Waals surface area contributed by atoms with Crippen LogP contribution in [0.25, 0.3) is 11.3 Å². The van der Waals surface area contributed by atoms with Gasteiger partial charge in [0.15, 0.2) is 5.13 Å². The number of aromatic nitrogens is 3. The molecule has 3 aromatic heterocycles. The highest BCUT2D eigenvalue weighted by Crippen LogP contribution is 2.32. The first kappa shape index (κ1) is 15.6. The Labute approximate surface area is 140 Å². The van der Waals surface area contributed by atoms with E-state index in [0.717, 1.165) is 15.9 Å². The molecule has 8 heteroatoms. The van der Waals surface area contributed by atoms with Crippen molar-refractivity contribution in [2.45, 2.75) is 13.8 Å². The lowest BCUT2D eigenvalue weighted by molar-refractivity contribution is 0.102. The Kier molecular flexibility index (Phi) is 4.10. The lowest BCUT2D eigenvalue weighted by Gasteiger charge is -2.02. The summed E-state index contributed by atoms with van der Waals surface area (Å²) in [6.07, 6.45) is 0. The molecule has 6 nitrogen and oxygen atoms in total. The van der Waals surface area contributed by atoms with E-state index in [1.807, 2.05) is 5.38 Å². The van der Waals surface area contributed by atoms with Crippen molar-refractivity contribution in [3.63, 3.8) is 0 Å². The summed E-state index contributed by atoms with van der Waals surface area (Å²) in [5, 5.41) is 9.06. The summed E-state index contributed by atoms with van der Waals surface area (Å²) in [4.78, 5) is 30.4. The van der Waals surface area contributed by atoms with Crippen molar-refractivity contribution in [1.29, 1.82) is 0 Å². The fourth-order valence-corrected chi connectivity index (χ4v) is 3.76. The Balaban J connectivity index is 1.81. The number of aryl methyl sites for hydroxylation is 3. The maximum Gasteiger partial charge on any atom is 0.277 e. The molecule has 0 fully saturated rings. The minimum atomic E-state index is -0.389. The SMILES string of the molecule is Cc1cc(-c2csc(NC(=O)c3ccc(=O)n(C)n3)n2)c(C)s1. The van der Waals surface area contributed by atoms with Crippen LogP contribution in [0.2, 0.25) is 0 Å². The van der Waals surface area contributed by atoms with Gasteiger partial charge in [-0.3, -0.25) is 14.9 Å². The normalized spacial score (nSPS) is 10.7. The van der Waals surface area contributed by atoms with Crippen LogP contribution in [-0.2, 0) is 7.05 Å². The van der Waals surface area contributed by atoms with Crippen LogP contribution in [0.1, 0.15) is 20.2 Å². The number of hydrogen-bond donors (Lipinski definition) is 1. The molecule has 1 amide bonds. The van der Waals surface area contributed by atoms with Gasteiger partial charge in [-0.1, -0.05) is 0 Å². The first-order chi connectivity index (χ1) is 10.9. The van der Waals surface area contributed by atoms with Gasteiger partial charge in [-0.05, 0) is 26.0 Å². The fourth-order valence-electron chi connectivity index (χ4n) is 2.12. The minimum absolute atomic E-state index is 0.173. The number of thiophene rings is 1. The summed E-state index contributed by atoms with van der Waals surface area (Å²) in [6, 6.07) is 4.81. The maximum absolute atomic E-state index is 12.2. The number of amides is 1. The van der Waals surface area contributed by atoms with Gasteiger partial charge >= 0.3 is 0 Å². The Morgan fingerprint density at radius 1 is 1.30 bits per heavy atom. The van der Waals surface area contributed by atoms with Gasteiger partial charge in [0.1, 0.15) is 5.69 Å². The Hall–Kier alpha value is -2.32. The maximum atomic E-state index is 12.2. The average molecular weight is 346 g/mol. The number of carbonyl (C=O) groups is 1. The highest BCUT2D eigenvalue weighted by atomic mass is 32.1. The molecule has 0 saturated heterocycles. The van der Waals surface area contributed by atoms with E-state index in [0.29, 0.717) is 5.13 Å². The summed E-state index contributed by atoms with van der Waals surface area (Å²) in [5.41, 5.74) is 1.85. The van der Waals surface area contributed by atoms with E-state index in [4.69, 9.17) is 0 Å². The van der Waals surface area contributed by atoms with Gasteiger partial charge in [-0.2, -0.15) is 5.10 Å². The van der Waals surface area contributed by atoms with Crippen LogP contribution in [0.5, 0.6) is 0 Å². The first-order valence-corrected chi connectivity index (χ1v) is 8.52. The van der Waals surface area contributed by atoms with Crippen molar-refractivity contribution in [3.8, 4) is 11.3 Å². The summed E-state index contributed by atoms with van der Waals surface area (Å²) >= 11 is 3.08. The van der Waals surface area contributed by atoms with E-state index in [-0.39, 0.29) is 17.2 Å². The summed E-state index contributed by atoms with van der Waals surface area (Å²) in [5.74, 6) is -0.389. The molecular weight excluding hydrogens is 332 g/mol. The van der Waals surface area contributed by atoms with E-state index in [2.05, 4.69) is 35.3 Å². The molecule has 0 aliphatic rings. The van der Waals surface area contributed by atoms with Crippen LogP contribution in [0.4, 0.5) is 5.13 Å². The van der Waals surface area contributed by atoms with Gasteiger partial charge in [-0.15, -0.1) is 22.7 Å². The van der Waals surface area contributed by atoms with Crippen molar-refractivity contribution in [3.05, 3.63) is 49.4 Å². The number of thiazole rings is 1. The topological polar surface area (TPSA) is 76.9 Å². The molecule has 118 valence electrons. The predicted molar refractivity (Wildman–Crippen MR) is 92.3 cm³/mol. The van der Waals surface area contributed by atoms with E-state index >= 15 is 0 Å². The molecule has 1 N–H and O–H groups in total. The van der Waals surface area contributed by atoms with Crippen molar-refractivity contribution < 1.29 is 4.79 Å². The van der Waals surface area contributed by atoms with Crippen molar-refractivity contribution in [2.75, 3.05) is 5.32 Å². The first-order valence-electron chi connectivity index (χ1n) is 6.82. The lowest BCUT2D eigenvalue weighted by atomic mass is 10.2. The number of nitrogens with zero attached hydrogens (tertiary/aromatic N) is 3. The fraction of sp³-hybridized carbons (Fsp3) is 0.200. The Morgan fingerprint density at radius 2 is 2.09 bits per heavy atom. The van der Waals surface area contributed by atoms with E-state index < -0.39 is 0 Å². The largest absolute Gasteiger partial charge is 0.296 e. The number of nitrogens with one attached hydrogen (secondary N) is 1. The van der Waals surface area contributed by atoms with E-state index in [1.54, 1.807) is 11.3 Å². The second kappa shape index (κ2) is 6.05. The molecule has 0 aliphatic heterocycles. The summed E-state index contributed by atoms with van der Waals surface area (Å²) in [6.45, 7) is 4.11. The van der Waals surface area contributed by atoms with Gasteiger partial charge in [-0.25, -0.2) is 9.67 Å². The molecule has 0 atom stereocenters. The van der Waals surface area contributed by atoms with Crippen LogP contribution in [-0.4, -0.2) is 20.7 Å². The third kappa shape index (κ3) is 3.22. The lowest BCUT2D eigenvalue weighted by Crippen LogP contribution is -2.23. The summed E-state index contributed by atoms with van der Waals surface area (Å²) < 4.78 is 1.12. The van der Waals surface area contributed by atoms with Gasteiger partial charge < -0.3 is 0 Å². The highest BCUT2D eigenvalue weighted by molar-refractivity contribution is 7.14. The second-order valence-corrected chi connectivity index (χ2v) is 7.32. The number of anilines is 1. The van der Waals surface area contributed by atoms with Crippen molar-refractivity contribution in [2.24, 2.45) is 7.05 Å². The van der Waals surface area contributed by atoms with Crippen LogP contribution < -0.4 is 10.9 Å². The highest BCUT2D eigenvalue weighted by Gasteiger charge is 2.14. The van der Waals surface area contributed by atoms with Crippen molar-refractivity contribution >= 4 is 33.7 Å². The molecule has 0 aliphatic carbocycles. The predicted octanol–water partition coefficient (Wildman–Crippen LogP) is 2.83. The zero-order chi connectivity index (χ0) is 16.6. The van der Waals surface area contributed by atoms with Gasteiger partial charge in [0, 0.05) is 33.8 Å².